The van der Waals surface area contributed by atoms with Gasteiger partial charge in [-0.05, 0) is 38.0 Å². The van der Waals surface area contributed by atoms with Gasteiger partial charge in [0.05, 0.1) is 0 Å². The highest BCUT2D eigenvalue weighted by molar-refractivity contribution is 7.87. The van der Waals surface area contributed by atoms with E-state index in [1.165, 1.54) is 11.4 Å². The van der Waals surface area contributed by atoms with Crippen LogP contribution in [0.1, 0.15) is 52.4 Å². The molecule has 1 aliphatic rings. The molecule has 1 saturated carbocycles. The van der Waals surface area contributed by atoms with Crippen LogP contribution in [0.2, 0.25) is 0 Å². The molecule has 0 bridgehead atoms. The van der Waals surface area contributed by atoms with E-state index >= 15 is 0 Å². The zero-order valence-electron chi connectivity index (χ0n) is 12.6. The number of aliphatic carboxylic acids is 1. The minimum absolute atomic E-state index is 0.352. The van der Waals surface area contributed by atoms with E-state index in [1.807, 2.05) is 6.92 Å². The molecule has 20 heavy (non-hydrogen) atoms. The second-order valence-electron chi connectivity index (χ2n) is 5.85. The number of hydrogen-bond acceptors (Lipinski definition) is 3. The molecule has 6 nitrogen and oxygen atoms in total. The summed E-state index contributed by atoms with van der Waals surface area (Å²) in [7, 11) is -2.27. The van der Waals surface area contributed by atoms with Crippen molar-refractivity contribution in [1.82, 2.24) is 9.03 Å². The summed E-state index contributed by atoms with van der Waals surface area (Å²) in [6.07, 6.45) is 3.81. The molecule has 1 fully saturated rings. The average molecular weight is 306 g/mol. The Balaban J connectivity index is 2.82. The summed E-state index contributed by atoms with van der Waals surface area (Å²) in [4.78, 5) is 11.6. The van der Waals surface area contributed by atoms with Gasteiger partial charge in [-0.3, -0.25) is 4.79 Å². The molecular weight excluding hydrogens is 280 g/mol. The topological polar surface area (TPSA) is 86.7 Å². The van der Waals surface area contributed by atoms with Crippen molar-refractivity contribution < 1.29 is 18.3 Å². The van der Waals surface area contributed by atoms with Crippen molar-refractivity contribution in [3.05, 3.63) is 0 Å². The summed E-state index contributed by atoms with van der Waals surface area (Å²) in [6, 6.07) is 0. The Morgan fingerprint density at radius 2 is 1.95 bits per heavy atom. The Morgan fingerprint density at radius 1 is 1.40 bits per heavy atom. The summed E-state index contributed by atoms with van der Waals surface area (Å²) in [5.74, 6) is -0.623. The van der Waals surface area contributed by atoms with Crippen LogP contribution in [0.5, 0.6) is 0 Å². The number of rotatable bonds is 7. The Bertz CT molecular complexity index is 428. The third-order valence-electron chi connectivity index (χ3n) is 4.10. The molecule has 0 aromatic carbocycles. The number of carbonyl (C=O) groups is 1. The van der Waals surface area contributed by atoms with Crippen molar-refractivity contribution in [2.75, 3.05) is 13.6 Å². The highest BCUT2D eigenvalue weighted by Gasteiger charge is 2.44. The number of hydrogen-bond donors (Lipinski definition) is 2. The first kappa shape index (κ1) is 17.4. The van der Waals surface area contributed by atoms with E-state index in [0.29, 0.717) is 25.3 Å². The maximum Gasteiger partial charge on any atom is 0.324 e. The van der Waals surface area contributed by atoms with Gasteiger partial charge >= 0.3 is 5.97 Å². The third kappa shape index (κ3) is 4.17. The van der Waals surface area contributed by atoms with E-state index in [2.05, 4.69) is 11.6 Å². The third-order valence-corrected chi connectivity index (χ3v) is 5.75. The molecule has 0 amide bonds. The molecular formula is C13H26N2O4S. The predicted octanol–water partition coefficient (Wildman–Crippen LogP) is 1.59. The lowest BCUT2D eigenvalue weighted by Gasteiger charge is -2.37. The Morgan fingerprint density at radius 3 is 2.40 bits per heavy atom. The number of carboxylic acids is 1. The lowest BCUT2D eigenvalue weighted by Crippen LogP contribution is -2.58. The summed E-state index contributed by atoms with van der Waals surface area (Å²) in [5, 5.41) is 9.45. The van der Waals surface area contributed by atoms with E-state index in [-0.39, 0.29) is 0 Å². The lowest BCUT2D eigenvalue weighted by molar-refractivity contribution is -0.145. The molecule has 0 aromatic rings. The minimum Gasteiger partial charge on any atom is -0.480 e. The normalized spacial score (nSPS) is 27.7. The molecule has 0 unspecified atom stereocenters. The molecule has 7 heteroatoms. The summed E-state index contributed by atoms with van der Waals surface area (Å²) in [6.45, 7) is 4.45. The Kier molecular flexibility index (Phi) is 5.97. The second kappa shape index (κ2) is 6.87. The first-order valence-electron chi connectivity index (χ1n) is 7.22. The van der Waals surface area contributed by atoms with Crippen LogP contribution < -0.4 is 4.72 Å². The molecule has 0 atom stereocenters. The van der Waals surface area contributed by atoms with Gasteiger partial charge in [0.1, 0.15) is 5.54 Å². The van der Waals surface area contributed by atoms with Crippen LogP contribution in [0.15, 0.2) is 0 Å². The molecule has 0 spiro atoms. The average Bonchev–Trinajstić information content (AvgIpc) is 2.38. The minimum atomic E-state index is -3.75. The monoisotopic (exact) mass is 306 g/mol. The van der Waals surface area contributed by atoms with Gasteiger partial charge in [0.2, 0.25) is 0 Å². The predicted molar refractivity (Wildman–Crippen MR) is 77.6 cm³/mol. The van der Waals surface area contributed by atoms with Gasteiger partial charge in [-0.2, -0.15) is 17.4 Å². The molecule has 1 aliphatic carbocycles. The zero-order chi connectivity index (χ0) is 15.4. The van der Waals surface area contributed by atoms with Crippen LogP contribution in [0.4, 0.5) is 0 Å². The molecule has 118 valence electrons. The van der Waals surface area contributed by atoms with Crippen molar-refractivity contribution in [1.29, 1.82) is 0 Å². The highest BCUT2D eigenvalue weighted by Crippen LogP contribution is 2.33. The van der Waals surface area contributed by atoms with E-state index < -0.39 is 21.7 Å². The van der Waals surface area contributed by atoms with Crippen LogP contribution in [-0.4, -0.2) is 42.9 Å². The molecule has 2 N–H and O–H groups in total. The van der Waals surface area contributed by atoms with Crippen molar-refractivity contribution in [3.8, 4) is 0 Å². The van der Waals surface area contributed by atoms with Crippen molar-refractivity contribution in [2.24, 2.45) is 5.92 Å². The molecule has 1 rings (SSSR count). The summed E-state index contributed by atoms with van der Waals surface area (Å²) in [5.41, 5.74) is -1.34. The summed E-state index contributed by atoms with van der Waals surface area (Å²) < 4.78 is 28.1. The van der Waals surface area contributed by atoms with Gasteiger partial charge in [-0.1, -0.05) is 20.3 Å². The van der Waals surface area contributed by atoms with Gasteiger partial charge in [-0.25, -0.2) is 0 Å². The molecule has 0 heterocycles. The van der Waals surface area contributed by atoms with E-state index in [1.54, 1.807) is 0 Å². The van der Waals surface area contributed by atoms with Gasteiger partial charge in [0, 0.05) is 13.6 Å². The zero-order valence-corrected chi connectivity index (χ0v) is 13.4. The molecule has 0 aliphatic heterocycles. The van der Waals surface area contributed by atoms with Crippen LogP contribution in [0.25, 0.3) is 0 Å². The standard InChI is InChI=1S/C13H26N2O4S/c1-4-5-10-15(3)20(18,19)14-13(12(16)17)8-6-11(2)7-9-13/h11,14H,4-10H2,1-3H3,(H,16,17). The Labute approximate surface area is 121 Å². The van der Waals surface area contributed by atoms with Crippen molar-refractivity contribution in [3.63, 3.8) is 0 Å². The fourth-order valence-corrected chi connectivity index (χ4v) is 3.75. The highest BCUT2D eigenvalue weighted by atomic mass is 32.2. The van der Waals surface area contributed by atoms with E-state index in [4.69, 9.17) is 0 Å². The molecule has 0 saturated heterocycles. The van der Waals surface area contributed by atoms with E-state index in [9.17, 15) is 18.3 Å². The fraction of sp³-hybridized carbons (Fsp3) is 0.923. The smallest absolute Gasteiger partial charge is 0.324 e. The Hall–Kier alpha value is -0.660. The maximum absolute atomic E-state index is 12.2. The maximum atomic E-state index is 12.2. The van der Waals surface area contributed by atoms with Crippen molar-refractivity contribution in [2.45, 2.75) is 57.9 Å². The van der Waals surface area contributed by atoms with Gasteiger partial charge in [-0.15, -0.1) is 0 Å². The largest absolute Gasteiger partial charge is 0.480 e. The van der Waals surface area contributed by atoms with Crippen LogP contribution >= 0.6 is 0 Å². The second-order valence-corrected chi connectivity index (χ2v) is 7.63. The SMILES string of the molecule is CCCCN(C)S(=O)(=O)NC1(C(=O)O)CCC(C)CC1. The number of nitrogens with one attached hydrogen (secondary N) is 1. The van der Waals surface area contributed by atoms with Crippen molar-refractivity contribution >= 4 is 16.2 Å². The summed E-state index contributed by atoms with van der Waals surface area (Å²) >= 11 is 0. The number of nitrogens with zero attached hydrogens (tertiary/aromatic N) is 1. The quantitative estimate of drug-likeness (QED) is 0.748. The van der Waals surface area contributed by atoms with Gasteiger partial charge in [0.15, 0.2) is 0 Å². The molecule has 0 radical (unpaired) electrons. The fourth-order valence-electron chi connectivity index (χ4n) is 2.44. The number of carboxylic acid groups (broad SMARTS) is 1. The first-order chi connectivity index (χ1) is 9.23. The van der Waals surface area contributed by atoms with E-state index in [0.717, 1.165) is 25.7 Å². The number of unbranched alkanes of at least 4 members (excludes halogenated alkanes) is 1. The lowest BCUT2D eigenvalue weighted by atomic mass is 9.78. The van der Waals surface area contributed by atoms with Crippen LogP contribution in [-0.2, 0) is 15.0 Å². The van der Waals surface area contributed by atoms with Crippen LogP contribution in [0, 0.1) is 5.92 Å². The van der Waals surface area contributed by atoms with Crippen LogP contribution in [0.3, 0.4) is 0 Å². The first-order valence-corrected chi connectivity index (χ1v) is 8.66. The van der Waals surface area contributed by atoms with Gasteiger partial charge in [0.25, 0.3) is 10.2 Å². The van der Waals surface area contributed by atoms with Gasteiger partial charge < -0.3 is 5.11 Å². The molecule has 0 aromatic heterocycles.